The summed E-state index contributed by atoms with van der Waals surface area (Å²) in [5.41, 5.74) is 0. The van der Waals surface area contributed by atoms with E-state index in [4.69, 9.17) is 0 Å². The molecule has 1 saturated heterocycles. The Bertz CT molecular complexity index is 133. The van der Waals surface area contributed by atoms with Crippen LogP contribution in [0.4, 0.5) is 0 Å². The minimum absolute atomic E-state index is 0.245. The fourth-order valence-corrected chi connectivity index (χ4v) is 1.27. The third kappa shape index (κ3) is 0.934. The standard InChI is InChI=1S/C7H13NO/c1-5-4-8(3)7(9)6(5)2/h5-6H,4H2,1-3H3. The summed E-state index contributed by atoms with van der Waals surface area (Å²) in [6.07, 6.45) is 0. The highest BCUT2D eigenvalue weighted by atomic mass is 16.2. The number of nitrogens with zero attached hydrogens (tertiary/aromatic N) is 1. The van der Waals surface area contributed by atoms with Crippen LogP contribution in [0.5, 0.6) is 0 Å². The van der Waals surface area contributed by atoms with Crippen molar-refractivity contribution in [3.8, 4) is 0 Å². The number of hydrogen-bond donors (Lipinski definition) is 0. The lowest BCUT2D eigenvalue weighted by Gasteiger charge is -2.05. The first-order valence-corrected chi connectivity index (χ1v) is 3.38. The molecule has 2 unspecified atom stereocenters. The molecule has 1 heterocycles. The number of likely N-dealkylation sites (tertiary alicyclic amines) is 1. The second-order valence-electron chi connectivity index (χ2n) is 2.98. The molecule has 1 amide bonds. The van der Waals surface area contributed by atoms with Gasteiger partial charge in [0.15, 0.2) is 0 Å². The fourth-order valence-electron chi connectivity index (χ4n) is 1.27. The van der Waals surface area contributed by atoms with Crippen molar-refractivity contribution < 1.29 is 4.79 Å². The van der Waals surface area contributed by atoms with E-state index >= 15 is 0 Å². The maximum atomic E-state index is 11.0. The van der Waals surface area contributed by atoms with Crippen molar-refractivity contribution >= 4 is 5.91 Å². The normalized spacial score (nSPS) is 35.9. The predicted molar refractivity (Wildman–Crippen MR) is 36.0 cm³/mol. The average Bonchev–Trinajstić information content (AvgIpc) is 1.98. The number of hydrogen-bond acceptors (Lipinski definition) is 1. The molecular weight excluding hydrogens is 114 g/mol. The topological polar surface area (TPSA) is 20.3 Å². The van der Waals surface area contributed by atoms with Crippen molar-refractivity contribution in [1.29, 1.82) is 0 Å². The van der Waals surface area contributed by atoms with Crippen molar-refractivity contribution in [2.24, 2.45) is 11.8 Å². The van der Waals surface area contributed by atoms with Crippen molar-refractivity contribution in [1.82, 2.24) is 4.90 Å². The highest BCUT2D eigenvalue weighted by molar-refractivity contribution is 5.80. The van der Waals surface area contributed by atoms with E-state index in [-0.39, 0.29) is 5.92 Å². The Morgan fingerprint density at radius 2 is 2.11 bits per heavy atom. The minimum Gasteiger partial charge on any atom is -0.345 e. The molecule has 0 radical (unpaired) electrons. The molecule has 0 bridgehead atoms. The molecule has 1 rings (SSSR count). The van der Waals surface area contributed by atoms with Gasteiger partial charge < -0.3 is 4.90 Å². The van der Waals surface area contributed by atoms with Crippen molar-refractivity contribution in [2.45, 2.75) is 13.8 Å². The summed E-state index contributed by atoms with van der Waals surface area (Å²) in [6, 6.07) is 0. The second kappa shape index (κ2) is 2.01. The van der Waals surface area contributed by atoms with Crippen LogP contribution in [0.25, 0.3) is 0 Å². The van der Waals surface area contributed by atoms with Crippen molar-refractivity contribution in [3.63, 3.8) is 0 Å². The van der Waals surface area contributed by atoms with E-state index in [1.54, 1.807) is 4.90 Å². The van der Waals surface area contributed by atoms with Gasteiger partial charge in [-0.05, 0) is 5.92 Å². The molecule has 0 saturated carbocycles. The Balaban J connectivity index is 2.65. The molecule has 52 valence electrons. The summed E-state index contributed by atoms with van der Waals surface area (Å²) >= 11 is 0. The zero-order valence-electron chi connectivity index (χ0n) is 6.22. The van der Waals surface area contributed by atoms with Crippen LogP contribution in [0, 0.1) is 11.8 Å². The van der Waals surface area contributed by atoms with Gasteiger partial charge in [-0.15, -0.1) is 0 Å². The number of carbonyl (C=O) groups is 1. The lowest BCUT2D eigenvalue weighted by atomic mass is 10.0. The van der Waals surface area contributed by atoms with Crippen molar-refractivity contribution in [2.75, 3.05) is 13.6 Å². The van der Waals surface area contributed by atoms with E-state index in [1.165, 1.54) is 0 Å². The Morgan fingerprint density at radius 1 is 1.56 bits per heavy atom. The lowest BCUT2D eigenvalue weighted by Crippen LogP contribution is -2.21. The Hall–Kier alpha value is -0.530. The summed E-state index contributed by atoms with van der Waals surface area (Å²) in [5, 5.41) is 0. The molecule has 1 aliphatic heterocycles. The zero-order valence-corrected chi connectivity index (χ0v) is 6.22. The lowest BCUT2D eigenvalue weighted by molar-refractivity contribution is -0.129. The SMILES string of the molecule is CC1CN(C)C(=O)C1C. The number of amides is 1. The smallest absolute Gasteiger partial charge is 0.225 e. The molecule has 2 heteroatoms. The van der Waals surface area contributed by atoms with E-state index < -0.39 is 0 Å². The highest BCUT2D eigenvalue weighted by Crippen LogP contribution is 2.21. The minimum atomic E-state index is 0.245. The fraction of sp³-hybridized carbons (Fsp3) is 0.857. The third-order valence-electron chi connectivity index (χ3n) is 2.18. The first-order chi connectivity index (χ1) is 4.13. The van der Waals surface area contributed by atoms with Crippen LogP contribution in [-0.2, 0) is 4.79 Å². The second-order valence-corrected chi connectivity index (χ2v) is 2.98. The molecule has 1 aliphatic rings. The molecule has 0 aliphatic carbocycles. The van der Waals surface area contributed by atoms with Gasteiger partial charge in [-0.2, -0.15) is 0 Å². The van der Waals surface area contributed by atoms with Crippen LogP contribution in [-0.4, -0.2) is 24.4 Å². The molecule has 0 aromatic carbocycles. The quantitative estimate of drug-likeness (QED) is 0.470. The molecule has 0 aromatic heterocycles. The van der Waals surface area contributed by atoms with Gasteiger partial charge in [0, 0.05) is 19.5 Å². The first-order valence-electron chi connectivity index (χ1n) is 3.38. The van der Waals surface area contributed by atoms with E-state index in [2.05, 4.69) is 6.92 Å². The van der Waals surface area contributed by atoms with E-state index in [9.17, 15) is 4.79 Å². The molecule has 0 spiro atoms. The monoisotopic (exact) mass is 127 g/mol. The van der Waals surface area contributed by atoms with Gasteiger partial charge in [-0.25, -0.2) is 0 Å². The summed E-state index contributed by atoms with van der Waals surface area (Å²) in [4.78, 5) is 12.8. The van der Waals surface area contributed by atoms with Crippen LogP contribution < -0.4 is 0 Å². The Kier molecular flexibility index (Phi) is 1.47. The van der Waals surface area contributed by atoms with Crippen LogP contribution in [0.15, 0.2) is 0 Å². The largest absolute Gasteiger partial charge is 0.345 e. The third-order valence-corrected chi connectivity index (χ3v) is 2.18. The predicted octanol–water partition coefficient (Wildman–Crippen LogP) is 0.731. The zero-order chi connectivity index (χ0) is 7.02. The molecular formula is C7H13NO. The van der Waals surface area contributed by atoms with Crippen LogP contribution in [0.2, 0.25) is 0 Å². The summed E-state index contributed by atoms with van der Waals surface area (Å²) in [5.74, 6) is 1.08. The maximum absolute atomic E-state index is 11.0. The first kappa shape index (κ1) is 6.59. The highest BCUT2D eigenvalue weighted by Gasteiger charge is 2.31. The van der Waals surface area contributed by atoms with Gasteiger partial charge in [-0.1, -0.05) is 13.8 Å². The Labute approximate surface area is 55.8 Å². The summed E-state index contributed by atoms with van der Waals surface area (Å²) in [7, 11) is 1.86. The molecule has 2 atom stereocenters. The van der Waals surface area contributed by atoms with Gasteiger partial charge in [0.25, 0.3) is 0 Å². The molecule has 1 fully saturated rings. The summed E-state index contributed by atoms with van der Waals surface area (Å²) < 4.78 is 0. The van der Waals surface area contributed by atoms with Gasteiger partial charge in [0.1, 0.15) is 0 Å². The number of carbonyl (C=O) groups excluding carboxylic acids is 1. The average molecular weight is 127 g/mol. The van der Waals surface area contributed by atoms with Crippen LogP contribution in [0.1, 0.15) is 13.8 Å². The molecule has 9 heavy (non-hydrogen) atoms. The molecule has 0 aromatic rings. The number of rotatable bonds is 0. The van der Waals surface area contributed by atoms with Crippen LogP contribution in [0.3, 0.4) is 0 Å². The molecule has 2 nitrogen and oxygen atoms in total. The van der Waals surface area contributed by atoms with Crippen molar-refractivity contribution in [3.05, 3.63) is 0 Å². The van der Waals surface area contributed by atoms with Gasteiger partial charge in [0.2, 0.25) is 5.91 Å². The van der Waals surface area contributed by atoms with E-state index in [0.29, 0.717) is 11.8 Å². The summed E-state index contributed by atoms with van der Waals surface area (Å²) in [6.45, 7) is 5.04. The van der Waals surface area contributed by atoms with Gasteiger partial charge >= 0.3 is 0 Å². The van der Waals surface area contributed by atoms with E-state index in [1.807, 2.05) is 14.0 Å². The van der Waals surface area contributed by atoms with Gasteiger partial charge in [-0.3, -0.25) is 4.79 Å². The maximum Gasteiger partial charge on any atom is 0.225 e. The molecule has 0 N–H and O–H groups in total. The van der Waals surface area contributed by atoms with Crippen LogP contribution >= 0.6 is 0 Å². The Morgan fingerprint density at radius 3 is 2.22 bits per heavy atom. The van der Waals surface area contributed by atoms with Gasteiger partial charge in [0.05, 0.1) is 0 Å². The van der Waals surface area contributed by atoms with E-state index in [0.717, 1.165) is 6.54 Å².